The Morgan fingerprint density at radius 2 is 2.62 bits per heavy atom. The molecule has 0 N–H and O–H groups in total. The number of azide groups is 1. The van der Waals surface area contributed by atoms with Crippen molar-refractivity contribution in [3.8, 4) is 0 Å². The van der Waals surface area contributed by atoms with Crippen LogP contribution < -0.4 is 0 Å². The minimum atomic E-state index is 0.0161. The van der Waals surface area contributed by atoms with Crippen molar-refractivity contribution in [1.29, 1.82) is 0 Å². The van der Waals surface area contributed by atoms with Crippen LogP contribution >= 0.6 is 0 Å². The Kier molecular flexibility index (Phi) is 2.02. The van der Waals surface area contributed by atoms with Gasteiger partial charge in [-0.3, -0.25) is 0 Å². The zero-order chi connectivity index (χ0) is 9.10. The van der Waals surface area contributed by atoms with Gasteiger partial charge in [-0.2, -0.15) is 0 Å². The number of hydrogen-bond donors (Lipinski definition) is 0. The molecule has 0 aromatic carbocycles. The van der Waals surface area contributed by atoms with Crippen LogP contribution in [0.3, 0.4) is 0 Å². The monoisotopic (exact) mass is 175 g/mol. The highest BCUT2D eigenvalue weighted by Crippen LogP contribution is 2.24. The van der Waals surface area contributed by atoms with Crippen LogP contribution in [-0.2, 0) is 0 Å². The maximum Gasteiger partial charge on any atom is 0.0989 e. The summed E-state index contributed by atoms with van der Waals surface area (Å²) in [5, 5.41) is 3.65. The third-order valence-electron chi connectivity index (χ3n) is 2.12. The van der Waals surface area contributed by atoms with Gasteiger partial charge in [0.05, 0.1) is 12.4 Å². The molecule has 0 amide bonds. The molecule has 0 fully saturated rings. The second kappa shape index (κ2) is 3.33. The van der Waals surface area contributed by atoms with Gasteiger partial charge in [-0.05, 0) is 18.4 Å². The summed E-state index contributed by atoms with van der Waals surface area (Å²) >= 11 is 0. The standard InChI is InChI=1S/C8H9N5/c9-12-11-7-1-2-8(5-7)13-4-3-10-6-13/h3-7H,1-2H2. The summed E-state index contributed by atoms with van der Waals surface area (Å²) in [5.41, 5.74) is 9.42. The van der Waals surface area contributed by atoms with Gasteiger partial charge in [-0.1, -0.05) is 11.2 Å². The Morgan fingerprint density at radius 1 is 1.69 bits per heavy atom. The lowest BCUT2D eigenvalue weighted by atomic mass is 10.3. The summed E-state index contributed by atoms with van der Waals surface area (Å²) in [4.78, 5) is 6.75. The Hall–Kier alpha value is -1.74. The zero-order valence-electron chi connectivity index (χ0n) is 7.04. The molecular formula is C8H9N5. The van der Waals surface area contributed by atoms with Crippen molar-refractivity contribution < 1.29 is 0 Å². The SMILES string of the molecule is [N-]=[N+]=NC1C=C(n2ccnc2)CC1. The van der Waals surface area contributed by atoms with Gasteiger partial charge >= 0.3 is 0 Å². The lowest BCUT2D eigenvalue weighted by molar-refractivity contribution is 0.770. The van der Waals surface area contributed by atoms with Crippen LogP contribution in [0.5, 0.6) is 0 Å². The highest BCUT2D eigenvalue weighted by molar-refractivity contribution is 5.49. The molecule has 1 aromatic heterocycles. The molecule has 0 aliphatic heterocycles. The number of hydrogen-bond acceptors (Lipinski definition) is 2. The van der Waals surface area contributed by atoms with Crippen LogP contribution in [0, 0.1) is 0 Å². The fraction of sp³-hybridized carbons (Fsp3) is 0.375. The van der Waals surface area contributed by atoms with Crippen LogP contribution in [0.25, 0.3) is 16.1 Å². The summed E-state index contributed by atoms with van der Waals surface area (Å²) in [6, 6.07) is 0.0161. The summed E-state index contributed by atoms with van der Waals surface area (Å²) in [5.74, 6) is 0. The fourth-order valence-electron chi connectivity index (χ4n) is 1.49. The maximum absolute atomic E-state index is 8.25. The normalized spacial score (nSPS) is 20.9. The minimum Gasteiger partial charge on any atom is -0.310 e. The Labute approximate surface area is 75.3 Å². The molecule has 0 saturated heterocycles. The largest absolute Gasteiger partial charge is 0.310 e. The molecule has 1 atom stereocenters. The molecule has 5 heteroatoms. The van der Waals surface area contributed by atoms with E-state index in [0.29, 0.717) is 0 Å². The summed E-state index contributed by atoms with van der Waals surface area (Å²) in [7, 11) is 0. The second-order valence-electron chi connectivity index (χ2n) is 2.94. The molecule has 0 spiro atoms. The highest BCUT2D eigenvalue weighted by atomic mass is 15.2. The third kappa shape index (κ3) is 1.55. The Balaban J connectivity index is 2.19. The number of imidazole rings is 1. The molecule has 1 aliphatic carbocycles. The van der Waals surface area contributed by atoms with Crippen molar-refractivity contribution in [2.45, 2.75) is 18.9 Å². The van der Waals surface area contributed by atoms with Crippen molar-refractivity contribution in [3.63, 3.8) is 0 Å². The van der Waals surface area contributed by atoms with E-state index < -0.39 is 0 Å². The van der Waals surface area contributed by atoms with Crippen molar-refractivity contribution in [1.82, 2.24) is 9.55 Å². The molecule has 0 radical (unpaired) electrons. The lowest BCUT2D eigenvalue weighted by Crippen LogP contribution is -1.90. The molecule has 0 bridgehead atoms. The van der Waals surface area contributed by atoms with Gasteiger partial charge in [-0.25, -0.2) is 4.98 Å². The average molecular weight is 175 g/mol. The molecule has 13 heavy (non-hydrogen) atoms. The van der Waals surface area contributed by atoms with Gasteiger partial charge in [0, 0.05) is 23.0 Å². The van der Waals surface area contributed by atoms with Crippen molar-refractivity contribution in [2.75, 3.05) is 0 Å². The molecule has 66 valence electrons. The van der Waals surface area contributed by atoms with Crippen LogP contribution in [0.2, 0.25) is 0 Å². The number of allylic oxidation sites excluding steroid dienone is 1. The van der Waals surface area contributed by atoms with Gasteiger partial charge in [0.1, 0.15) is 0 Å². The van der Waals surface area contributed by atoms with Crippen molar-refractivity contribution in [2.24, 2.45) is 5.11 Å². The van der Waals surface area contributed by atoms with Crippen molar-refractivity contribution in [3.05, 3.63) is 35.2 Å². The topological polar surface area (TPSA) is 66.6 Å². The molecule has 1 aliphatic rings. The summed E-state index contributed by atoms with van der Waals surface area (Å²) in [6.07, 6.45) is 9.22. The fourth-order valence-corrected chi connectivity index (χ4v) is 1.49. The summed E-state index contributed by atoms with van der Waals surface area (Å²) < 4.78 is 1.95. The van der Waals surface area contributed by atoms with Crippen LogP contribution in [-0.4, -0.2) is 15.6 Å². The molecule has 5 nitrogen and oxygen atoms in total. The average Bonchev–Trinajstić information content (AvgIpc) is 2.70. The van der Waals surface area contributed by atoms with E-state index in [4.69, 9.17) is 5.53 Å². The molecule has 1 heterocycles. The summed E-state index contributed by atoms with van der Waals surface area (Å²) in [6.45, 7) is 0. The minimum absolute atomic E-state index is 0.0161. The van der Waals surface area contributed by atoms with E-state index in [1.54, 1.807) is 12.5 Å². The van der Waals surface area contributed by atoms with Gasteiger partial charge in [0.15, 0.2) is 0 Å². The maximum atomic E-state index is 8.25. The first kappa shape index (κ1) is 7.89. The lowest BCUT2D eigenvalue weighted by Gasteiger charge is -1.99. The first-order chi connectivity index (χ1) is 6.40. The van der Waals surface area contributed by atoms with Gasteiger partial charge < -0.3 is 4.57 Å². The van der Waals surface area contributed by atoms with Crippen LogP contribution in [0.4, 0.5) is 0 Å². The van der Waals surface area contributed by atoms with E-state index in [1.807, 2.05) is 16.8 Å². The van der Waals surface area contributed by atoms with E-state index in [1.165, 1.54) is 0 Å². The van der Waals surface area contributed by atoms with E-state index in [-0.39, 0.29) is 6.04 Å². The molecule has 0 saturated carbocycles. The predicted octanol–water partition coefficient (Wildman–Crippen LogP) is 2.20. The van der Waals surface area contributed by atoms with E-state index >= 15 is 0 Å². The van der Waals surface area contributed by atoms with Crippen molar-refractivity contribution >= 4 is 5.70 Å². The van der Waals surface area contributed by atoms with Gasteiger partial charge in [0.2, 0.25) is 0 Å². The first-order valence-electron chi connectivity index (χ1n) is 4.13. The zero-order valence-corrected chi connectivity index (χ0v) is 7.04. The molecule has 2 rings (SSSR count). The smallest absolute Gasteiger partial charge is 0.0989 e. The van der Waals surface area contributed by atoms with Crippen LogP contribution in [0.15, 0.2) is 29.9 Å². The van der Waals surface area contributed by atoms with E-state index in [2.05, 4.69) is 15.0 Å². The van der Waals surface area contributed by atoms with E-state index in [9.17, 15) is 0 Å². The van der Waals surface area contributed by atoms with Gasteiger partial charge in [0.25, 0.3) is 0 Å². The predicted molar refractivity (Wildman–Crippen MR) is 48.7 cm³/mol. The number of aromatic nitrogens is 2. The first-order valence-corrected chi connectivity index (χ1v) is 4.13. The quantitative estimate of drug-likeness (QED) is 0.386. The second-order valence-corrected chi connectivity index (χ2v) is 2.94. The third-order valence-corrected chi connectivity index (χ3v) is 2.12. The molecular weight excluding hydrogens is 166 g/mol. The number of rotatable bonds is 2. The van der Waals surface area contributed by atoms with Crippen LogP contribution in [0.1, 0.15) is 12.8 Å². The molecule has 1 unspecified atom stereocenters. The number of nitrogens with zero attached hydrogens (tertiary/aromatic N) is 5. The molecule has 1 aromatic rings. The highest BCUT2D eigenvalue weighted by Gasteiger charge is 2.14. The van der Waals surface area contributed by atoms with E-state index in [0.717, 1.165) is 18.5 Å². The Bertz CT molecular complexity index is 358. The van der Waals surface area contributed by atoms with Gasteiger partial charge in [-0.15, -0.1) is 0 Å². The Morgan fingerprint density at radius 3 is 3.31 bits per heavy atom.